The zero-order valence-electron chi connectivity index (χ0n) is 8.87. The van der Waals surface area contributed by atoms with Gasteiger partial charge >= 0.3 is 0 Å². The first-order valence-corrected chi connectivity index (χ1v) is 6.74. The predicted octanol–water partition coefficient (Wildman–Crippen LogP) is 2.72. The van der Waals surface area contributed by atoms with Crippen LogP contribution in [0.25, 0.3) is 0 Å². The van der Waals surface area contributed by atoms with E-state index in [1.165, 1.54) is 31.2 Å². The van der Waals surface area contributed by atoms with Crippen molar-refractivity contribution < 1.29 is 4.74 Å². The minimum absolute atomic E-state index is 0.110. The van der Waals surface area contributed by atoms with E-state index in [1.807, 2.05) is 0 Å². The van der Waals surface area contributed by atoms with Gasteiger partial charge < -0.3 is 10.1 Å². The molecular formula is C12H17NOS. The van der Waals surface area contributed by atoms with Crippen LogP contribution in [0, 0.1) is 0 Å². The van der Waals surface area contributed by atoms with E-state index in [9.17, 15) is 0 Å². The molecule has 2 fully saturated rings. The predicted molar refractivity (Wildman–Crippen MR) is 62.2 cm³/mol. The van der Waals surface area contributed by atoms with Gasteiger partial charge in [-0.3, -0.25) is 0 Å². The summed E-state index contributed by atoms with van der Waals surface area (Å²) in [5.41, 5.74) is 1.53. The normalized spacial score (nSPS) is 29.7. The maximum Gasteiger partial charge on any atom is 0.0877 e. The molecule has 1 aliphatic heterocycles. The largest absolute Gasteiger partial charge is 0.372 e. The molecule has 1 aromatic rings. The molecule has 82 valence electrons. The summed E-state index contributed by atoms with van der Waals surface area (Å²) in [7, 11) is 0. The number of ether oxygens (including phenoxy) is 1. The smallest absolute Gasteiger partial charge is 0.0877 e. The molecule has 1 aliphatic carbocycles. The van der Waals surface area contributed by atoms with Crippen molar-refractivity contribution in [3.05, 3.63) is 22.4 Å². The zero-order valence-corrected chi connectivity index (χ0v) is 9.69. The number of rotatable bonds is 1. The Kier molecular flexibility index (Phi) is 2.54. The third-order valence-electron chi connectivity index (χ3n) is 3.69. The minimum Gasteiger partial charge on any atom is -0.372 e. The molecule has 1 unspecified atom stereocenters. The summed E-state index contributed by atoms with van der Waals surface area (Å²) in [4.78, 5) is 0. The molecule has 0 radical (unpaired) electrons. The van der Waals surface area contributed by atoms with Gasteiger partial charge in [-0.25, -0.2) is 0 Å². The van der Waals surface area contributed by atoms with E-state index in [0.717, 1.165) is 13.2 Å². The van der Waals surface area contributed by atoms with E-state index in [0.29, 0.717) is 6.04 Å². The summed E-state index contributed by atoms with van der Waals surface area (Å²) >= 11 is 1.78. The lowest BCUT2D eigenvalue weighted by Crippen LogP contribution is -2.50. The third-order valence-corrected chi connectivity index (χ3v) is 4.39. The molecule has 1 spiro atoms. The molecule has 1 saturated carbocycles. The van der Waals surface area contributed by atoms with Crippen LogP contribution in [0.3, 0.4) is 0 Å². The van der Waals surface area contributed by atoms with E-state index < -0.39 is 0 Å². The zero-order chi connectivity index (χ0) is 10.1. The second-order valence-electron chi connectivity index (χ2n) is 4.56. The van der Waals surface area contributed by atoms with Crippen molar-refractivity contribution in [2.75, 3.05) is 13.2 Å². The second-order valence-corrected chi connectivity index (χ2v) is 5.34. The lowest BCUT2D eigenvalue weighted by atomic mass is 9.87. The Morgan fingerprint density at radius 3 is 3.00 bits per heavy atom. The Hall–Kier alpha value is -0.380. The summed E-state index contributed by atoms with van der Waals surface area (Å²) < 4.78 is 6.10. The van der Waals surface area contributed by atoms with Gasteiger partial charge in [0.15, 0.2) is 0 Å². The van der Waals surface area contributed by atoms with Crippen LogP contribution in [0.1, 0.15) is 37.3 Å². The van der Waals surface area contributed by atoms with Crippen LogP contribution >= 0.6 is 11.3 Å². The van der Waals surface area contributed by atoms with Crippen LogP contribution in [0.15, 0.2) is 16.8 Å². The molecule has 0 aromatic carbocycles. The lowest BCUT2D eigenvalue weighted by molar-refractivity contribution is -0.0934. The molecule has 1 saturated heterocycles. The fourth-order valence-corrected chi connectivity index (χ4v) is 3.68. The van der Waals surface area contributed by atoms with E-state index in [2.05, 4.69) is 22.1 Å². The molecule has 2 heterocycles. The van der Waals surface area contributed by atoms with Gasteiger partial charge in [-0.15, -0.1) is 0 Å². The first kappa shape index (κ1) is 9.82. The summed E-state index contributed by atoms with van der Waals surface area (Å²) in [6.07, 6.45) is 5.09. The Balaban J connectivity index is 1.90. The number of hydrogen-bond donors (Lipinski definition) is 1. The summed E-state index contributed by atoms with van der Waals surface area (Å²) in [5.74, 6) is 0. The topological polar surface area (TPSA) is 21.3 Å². The van der Waals surface area contributed by atoms with E-state index >= 15 is 0 Å². The third kappa shape index (κ3) is 1.63. The van der Waals surface area contributed by atoms with Gasteiger partial charge in [-0.05, 0) is 35.2 Å². The lowest BCUT2D eigenvalue weighted by Gasteiger charge is -2.42. The second kappa shape index (κ2) is 3.89. The molecule has 3 rings (SSSR count). The van der Waals surface area contributed by atoms with Crippen molar-refractivity contribution in [1.29, 1.82) is 0 Å². The first-order valence-electron chi connectivity index (χ1n) is 5.80. The molecular weight excluding hydrogens is 206 g/mol. The number of morpholine rings is 1. The molecule has 1 atom stereocenters. The Morgan fingerprint density at radius 1 is 1.40 bits per heavy atom. The first-order chi connectivity index (χ1) is 7.41. The van der Waals surface area contributed by atoms with Crippen molar-refractivity contribution in [2.45, 2.75) is 37.3 Å². The Morgan fingerprint density at radius 2 is 2.27 bits per heavy atom. The molecule has 0 amide bonds. The maximum absolute atomic E-state index is 6.10. The van der Waals surface area contributed by atoms with Gasteiger partial charge in [0.05, 0.1) is 18.2 Å². The van der Waals surface area contributed by atoms with Crippen molar-refractivity contribution in [2.24, 2.45) is 0 Å². The molecule has 15 heavy (non-hydrogen) atoms. The average molecular weight is 223 g/mol. The van der Waals surface area contributed by atoms with Crippen molar-refractivity contribution in [1.82, 2.24) is 5.32 Å². The standard InChI is InChI=1S/C12H17NOS/c1-2-5-12(4-1)11(13-6-7-14-12)10-3-8-15-9-10/h3,8-9,11,13H,1-2,4-7H2. The Bertz CT molecular complexity index is 316. The molecule has 1 N–H and O–H groups in total. The average Bonchev–Trinajstić information content (AvgIpc) is 2.90. The van der Waals surface area contributed by atoms with Gasteiger partial charge in [-0.1, -0.05) is 12.8 Å². The van der Waals surface area contributed by atoms with Crippen LogP contribution in [-0.4, -0.2) is 18.8 Å². The van der Waals surface area contributed by atoms with Crippen molar-refractivity contribution in [3.8, 4) is 0 Å². The Labute approximate surface area is 94.6 Å². The number of thiophene rings is 1. The summed E-state index contributed by atoms with van der Waals surface area (Å²) in [6.45, 7) is 1.86. The molecule has 2 nitrogen and oxygen atoms in total. The van der Waals surface area contributed by atoms with Crippen molar-refractivity contribution in [3.63, 3.8) is 0 Å². The van der Waals surface area contributed by atoms with Crippen LogP contribution in [0.4, 0.5) is 0 Å². The quantitative estimate of drug-likeness (QED) is 0.790. The molecule has 2 aliphatic rings. The van der Waals surface area contributed by atoms with Crippen LogP contribution in [-0.2, 0) is 4.74 Å². The molecule has 3 heteroatoms. The van der Waals surface area contributed by atoms with Crippen LogP contribution in [0.2, 0.25) is 0 Å². The van der Waals surface area contributed by atoms with Gasteiger partial charge in [-0.2, -0.15) is 11.3 Å². The van der Waals surface area contributed by atoms with Crippen LogP contribution in [0.5, 0.6) is 0 Å². The summed E-state index contributed by atoms with van der Waals surface area (Å²) in [6, 6.07) is 2.66. The van der Waals surface area contributed by atoms with Gasteiger partial charge in [0.2, 0.25) is 0 Å². The number of nitrogens with one attached hydrogen (secondary N) is 1. The SMILES string of the molecule is c1cc(C2NCCOC23CCCC3)cs1. The maximum atomic E-state index is 6.10. The summed E-state index contributed by atoms with van der Waals surface area (Å²) in [5, 5.41) is 8.05. The van der Waals surface area contributed by atoms with E-state index in [4.69, 9.17) is 4.74 Å². The number of hydrogen-bond acceptors (Lipinski definition) is 3. The molecule has 0 bridgehead atoms. The highest BCUT2D eigenvalue weighted by Gasteiger charge is 2.44. The fourth-order valence-electron chi connectivity index (χ4n) is 2.99. The highest BCUT2D eigenvalue weighted by molar-refractivity contribution is 7.07. The highest BCUT2D eigenvalue weighted by atomic mass is 32.1. The van der Waals surface area contributed by atoms with Gasteiger partial charge in [0, 0.05) is 6.54 Å². The van der Waals surface area contributed by atoms with E-state index in [1.54, 1.807) is 11.3 Å². The molecule has 1 aromatic heterocycles. The van der Waals surface area contributed by atoms with Crippen molar-refractivity contribution >= 4 is 11.3 Å². The highest BCUT2D eigenvalue weighted by Crippen LogP contribution is 2.44. The fraction of sp³-hybridized carbons (Fsp3) is 0.667. The van der Waals surface area contributed by atoms with E-state index in [-0.39, 0.29) is 5.60 Å². The van der Waals surface area contributed by atoms with Gasteiger partial charge in [0.1, 0.15) is 0 Å². The van der Waals surface area contributed by atoms with Gasteiger partial charge in [0.25, 0.3) is 0 Å². The van der Waals surface area contributed by atoms with Crippen LogP contribution < -0.4 is 5.32 Å². The minimum atomic E-state index is 0.110. The monoisotopic (exact) mass is 223 g/mol.